The lowest BCUT2D eigenvalue weighted by molar-refractivity contribution is 0.0386. The van der Waals surface area contributed by atoms with Crippen molar-refractivity contribution >= 4 is 11.6 Å². The number of benzene rings is 1. The van der Waals surface area contributed by atoms with Gasteiger partial charge in [0.2, 0.25) is 5.82 Å². The average molecular weight is 493 g/mol. The van der Waals surface area contributed by atoms with Crippen molar-refractivity contribution in [1.29, 1.82) is 0 Å². The summed E-state index contributed by atoms with van der Waals surface area (Å²) in [6, 6.07) is 6.52. The van der Waals surface area contributed by atoms with Gasteiger partial charge in [-0.3, -0.25) is 9.20 Å². The lowest BCUT2D eigenvalue weighted by atomic mass is 10.0. The van der Waals surface area contributed by atoms with Crippen LogP contribution >= 0.6 is 0 Å². The number of aliphatic hydroxyl groups excluding tert-OH is 1. The highest BCUT2D eigenvalue weighted by molar-refractivity contribution is 5.95. The van der Waals surface area contributed by atoms with Crippen LogP contribution in [-0.4, -0.2) is 47.2 Å². The van der Waals surface area contributed by atoms with Crippen molar-refractivity contribution in [2.75, 3.05) is 6.61 Å². The SMILES string of the molecule is Cc1nc2c(OCc3c(F)cccc3F)cccn2c1C(=O)N[C@@](C)(CO)c1nnn(C(F)F)n1. The number of tetrazole rings is 1. The molecule has 0 saturated carbocycles. The minimum absolute atomic E-state index is 0.0449. The highest BCUT2D eigenvalue weighted by Gasteiger charge is 2.35. The van der Waals surface area contributed by atoms with E-state index in [9.17, 15) is 27.5 Å². The Labute approximate surface area is 195 Å². The fraction of sp³-hybridized carbons (Fsp3) is 0.286. The predicted molar refractivity (Wildman–Crippen MR) is 112 cm³/mol. The summed E-state index contributed by atoms with van der Waals surface area (Å²) in [5, 5.41) is 22.6. The first-order valence-electron chi connectivity index (χ1n) is 10.2. The zero-order chi connectivity index (χ0) is 25.3. The smallest absolute Gasteiger partial charge is 0.350 e. The van der Waals surface area contributed by atoms with Gasteiger partial charge in [0.05, 0.1) is 17.9 Å². The number of ether oxygens (including phenoxy) is 1. The molecule has 3 heterocycles. The van der Waals surface area contributed by atoms with Gasteiger partial charge in [-0.25, -0.2) is 13.8 Å². The van der Waals surface area contributed by atoms with E-state index in [0.717, 1.165) is 12.1 Å². The molecule has 0 fully saturated rings. The van der Waals surface area contributed by atoms with Crippen LogP contribution in [0.15, 0.2) is 36.5 Å². The molecular weight excluding hydrogens is 474 g/mol. The van der Waals surface area contributed by atoms with Crippen molar-refractivity contribution in [1.82, 2.24) is 34.9 Å². The molecule has 184 valence electrons. The number of amides is 1. The molecular formula is C21H19F4N7O3. The van der Waals surface area contributed by atoms with Crippen molar-refractivity contribution in [2.24, 2.45) is 0 Å². The van der Waals surface area contributed by atoms with E-state index in [4.69, 9.17) is 4.74 Å². The summed E-state index contributed by atoms with van der Waals surface area (Å²) in [5.74, 6) is -2.42. The third-order valence-corrected chi connectivity index (χ3v) is 5.24. The van der Waals surface area contributed by atoms with Crippen LogP contribution in [0.25, 0.3) is 5.65 Å². The first kappa shape index (κ1) is 24.1. The van der Waals surface area contributed by atoms with Gasteiger partial charge in [-0.15, -0.1) is 10.2 Å². The van der Waals surface area contributed by atoms with E-state index >= 15 is 0 Å². The van der Waals surface area contributed by atoms with E-state index in [-0.39, 0.29) is 39.0 Å². The van der Waals surface area contributed by atoms with Gasteiger partial charge in [-0.05, 0) is 43.3 Å². The number of aryl methyl sites for hydroxylation is 1. The molecule has 0 spiro atoms. The number of pyridine rings is 1. The molecule has 0 aliphatic rings. The summed E-state index contributed by atoms with van der Waals surface area (Å²) in [6.07, 6.45) is 1.52. The number of imidazole rings is 1. The lowest BCUT2D eigenvalue weighted by Gasteiger charge is -2.25. The van der Waals surface area contributed by atoms with Crippen molar-refractivity contribution in [3.05, 3.63) is 70.9 Å². The van der Waals surface area contributed by atoms with Gasteiger partial charge < -0.3 is 15.2 Å². The maximum Gasteiger partial charge on any atom is 0.350 e. The number of hydrogen-bond donors (Lipinski definition) is 2. The van der Waals surface area contributed by atoms with E-state index in [2.05, 4.69) is 25.7 Å². The second kappa shape index (κ2) is 9.29. The highest BCUT2D eigenvalue weighted by Crippen LogP contribution is 2.25. The Kier molecular flexibility index (Phi) is 6.39. The minimum atomic E-state index is -3.05. The molecule has 35 heavy (non-hydrogen) atoms. The Morgan fingerprint density at radius 1 is 1.23 bits per heavy atom. The number of hydrogen-bond acceptors (Lipinski definition) is 7. The molecule has 0 aliphatic carbocycles. The van der Waals surface area contributed by atoms with E-state index in [0.29, 0.717) is 0 Å². The van der Waals surface area contributed by atoms with Crippen LogP contribution in [0.2, 0.25) is 0 Å². The molecule has 0 saturated heterocycles. The number of halogens is 4. The number of nitrogens with one attached hydrogen (secondary N) is 1. The van der Waals surface area contributed by atoms with E-state index < -0.39 is 42.8 Å². The Morgan fingerprint density at radius 2 is 1.94 bits per heavy atom. The number of alkyl halides is 2. The third-order valence-electron chi connectivity index (χ3n) is 5.24. The zero-order valence-electron chi connectivity index (χ0n) is 18.4. The van der Waals surface area contributed by atoms with Crippen molar-refractivity contribution in [3.63, 3.8) is 0 Å². The van der Waals surface area contributed by atoms with Crippen LogP contribution in [0, 0.1) is 18.6 Å². The fourth-order valence-corrected chi connectivity index (χ4v) is 3.37. The van der Waals surface area contributed by atoms with Crippen LogP contribution in [0.3, 0.4) is 0 Å². The summed E-state index contributed by atoms with van der Waals surface area (Å²) < 4.78 is 60.5. The number of carbonyl (C=O) groups excluding carboxylic acids is 1. The molecule has 1 aromatic carbocycles. The highest BCUT2D eigenvalue weighted by atomic mass is 19.3. The summed E-state index contributed by atoms with van der Waals surface area (Å²) in [6.45, 7) is -1.30. The molecule has 14 heteroatoms. The number of nitrogens with zero attached hydrogens (tertiary/aromatic N) is 6. The largest absolute Gasteiger partial charge is 0.485 e. The van der Waals surface area contributed by atoms with Crippen LogP contribution < -0.4 is 10.1 Å². The molecule has 1 amide bonds. The third kappa shape index (κ3) is 4.51. The first-order chi connectivity index (χ1) is 16.6. The van der Waals surface area contributed by atoms with Crippen molar-refractivity contribution in [3.8, 4) is 5.75 Å². The molecule has 3 aromatic heterocycles. The summed E-state index contributed by atoms with van der Waals surface area (Å²) in [5.41, 5.74) is -1.40. The van der Waals surface area contributed by atoms with Gasteiger partial charge >= 0.3 is 6.55 Å². The zero-order valence-corrected chi connectivity index (χ0v) is 18.4. The maximum absolute atomic E-state index is 13.9. The minimum Gasteiger partial charge on any atom is -0.485 e. The van der Waals surface area contributed by atoms with Gasteiger partial charge in [0.1, 0.15) is 29.5 Å². The number of aromatic nitrogens is 6. The van der Waals surface area contributed by atoms with Gasteiger partial charge in [-0.1, -0.05) is 10.9 Å². The topological polar surface area (TPSA) is 119 Å². The molecule has 10 nitrogen and oxygen atoms in total. The molecule has 1 atom stereocenters. The van der Waals surface area contributed by atoms with Crippen LogP contribution in [0.1, 0.15) is 41.0 Å². The van der Waals surface area contributed by atoms with Crippen molar-refractivity contribution in [2.45, 2.75) is 32.5 Å². The maximum atomic E-state index is 13.9. The van der Waals surface area contributed by atoms with Crippen LogP contribution in [0.5, 0.6) is 5.75 Å². The molecule has 0 bridgehead atoms. The van der Waals surface area contributed by atoms with Gasteiger partial charge in [0, 0.05) is 6.20 Å². The quantitative estimate of drug-likeness (QED) is 0.362. The molecule has 0 aliphatic heterocycles. The standard InChI is InChI=1S/C21H19F4N7O3/c1-11-16(18(34)27-21(2,10-33)19-28-30-32(29-19)20(24)25)31-8-4-7-15(17(31)26-11)35-9-12-13(22)5-3-6-14(12)23/h3-8,20,33H,9-10H2,1-2H3,(H,27,34)/t21-/m0/s1. The second-order valence-corrected chi connectivity index (χ2v) is 7.76. The van der Waals surface area contributed by atoms with Crippen LogP contribution in [0.4, 0.5) is 17.6 Å². The lowest BCUT2D eigenvalue weighted by Crippen LogP contribution is -2.47. The predicted octanol–water partition coefficient (Wildman–Crippen LogP) is 2.52. The summed E-state index contributed by atoms with van der Waals surface area (Å²) in [7, 11) is 0. The number of carbonyl (C=O) groups is 1. The van der Waals surface area contributed by atoms with Gasteiger partial charge in [-0.2, -0.15) is 8.78 Å². The van der Waals surface area contributed by atoms with Gasteiger partial charge in [0.25, 0.3) is 5.91 Å². The number of aliphatic hydroxyl groups is 1. The molecule has 0 unspecified atom stereocenters. The molecule has 0 radical (unpaired) electrons. The monoisotopic (exact) mass is 493 g/mol. The Morgan fingerprint density at radius 3 is 2.57 bits per heavy atom. The summed E-state index contributed by atoms with van der Waals surface area (Å²) in [4.78, 5) is 17.5. The fourth-order valence-electron chi connectivity index (χ4n) is 3.37. The molecule has 2 N–H and O–H groups in total. The number of rotatable bonds is 8. The first-order valence-corrected chi connectivity index (χ1v) is 10.2. The number of fused-ring (bicyclic) bond motifs is 1. The Hall–Kier alpha value is -4.07. The average Bonchev–Trinajstić information content (AvgIpc) is 3.44. The van der Waals surface area contributed by atoms with E-state index in [1.165, 1.54) is 29.7 Å². The van der Waals surface area contributed by atoms with Crippen LogP contribution in [-0.2, 0) is 12.1 Å². The molecule has 4 aromatic rings. The molecule has 4 rings (SSSR count). The second-order valence-electron chi connectivity index (χ2n) is 7.76. The van der Waals surface area contributed by atoms with Crippen molar-refractivity contribution < 1.29 is 32.2 Å². The van der Waals surface area contributed by atoms with E-state index in [1.54, 1.807) is 13.0 Å². The van der Waals surface area contributed by atoms with E-state index in [1.807, 2.05) is 0 Å². The Bertz CT molecular complexity index is 1370. The normalized spacial score (nSPS) is 13.3. The Balaban J connectivity index is 1.63. The summed E-state index contributed by atoms with van der Waals surface area (Å²) >= 11 is 0. The van der Waals surface area contributed by atoms with Gasteiger partial charge in [0.15, 0.2) is 11.4 Å².